The lowest BCUT2D eigenvalue weighted by Gasteiger charge is -2.32. The molecule has 0 spiro atoms. The van der Waals surface area contributed by atoms with Crippen molar-refractivity contribution >= 4 is 17.6 Å². The summed E-state index contributed by atoms with van der Waals surface area (Å²) in [4.78, 5) is 11.0. The molecule has 2 N–H and O–H groups in total. The maximum absolute atomic E-state index is 14.2. The van der Waals surface area contributed by atoms with E-state index in [1.165, 1.54) is 0 Å². The highest BCUT2D eigenvalue weighted by molar-refractivity contribution is 6.30. The number of nitrogens with one attached hydrogen (secondary N) is 1. The fraction of sp³-hybridized carbons (Fsp3) is 0.588. The maximum Gasteiger partial charge on any atom is 0.306 e. The molecule has 0 aromatic heterocycles. The largest absolute Gasteiger partial charge is 0.481 e. The van der Waals surface area contributed by atoms with Gasteiger partial charge < -0.3 is 10.4 Å². The van der Waals surface area contributed by atoms with Crippen LogP contribution in [-0.2, 0) is 10.2 Å². The van der Waals surface area contributed by atoms with Crippen LogP contribution in [0.4, 0.5) is 4.39 Å². The average molecular weight is 328 g/mol. The Bertz CT molecular complexity index is 539. The van der Waals surface area contributed by atoms with E-state index >= 15 is 0 Å². The number of hydrogen-bond donors (Lipinski definition) is 2. The van der Waals surface area contributed by atoms with Gasteiger partial charge in [-0.25, -0.2) is 4.39 Å². The highest BCUT2D eigenvalue weighted by Crippen LogP contribution is 2.30. The van der Waals surface area contributed by atoms with Crippen molar-refractivity contribution in [3.8, 4) is 0 Å². The van der Waals surface area contributed by atoms with Gasteiger partial charge in [-0.05, 0) is 37.3 Å². The third kappa shape index (κ3) is 3.99. The van der Waals surface area contributed by atoms with Crippen LogP contribution in [0.25, 0.3) is 0 Å². The van der Waals surface area contributed by atoms with Crippen molar-refractivity contribution in [1.29, 1.82) is 0 Å². The first-order chi connectivity index (χ1) is 10.3. The van der Waals surface area contributed by atoms with Gasteiger partial charge in [-0.2, -0.15) is 0 Å². The van der Waals surface area contributed by atoms with Crippen LogP contribution in [0.3, 0.4) is 0 Å². The summed E-state index contributed by atoms with van der Waals surface area (Å²) < 4.78 is 14.2. The molecule has 5 heteroatoms. The maximum atomic E-state index is 14.2. The van der Waals surface area contributed by atoms with Crippen LogP contribution in [0.15, 0.2) is 18.2 Å². The zero-order valence-corrected chi connectivity index (χ0v) is 13.8. The molecule has 0 atom stereocenters. The second-order valence-electron chi connectivity index (χ2n) is 6.75. The second kappa shape index (κ2) is 6.97. The summed E-state index contributed by atoms with van der Waals surface area (Å²) in [6.45, 7) is 4.60. The van der Waals surface area contributed by atoms with Gasteiger partial charge in [0.05, 0.1) is 10.9 Å². The van der Waals surface area contributed by atoms with Gasteiger partial charge in [0.25, 0.3) is 0 Å². The van der Waals surface area contributed by atoms with Gasteiger partial charge in [0, 0.05) is 18.0 Å². The summed E-state index contributed by atoms with van der Waals surface area (Å²) in [5, 5.41) is 12.6. The average Bonchev–Trinajstić information content (AvgIpc) is 2.48. The van der Waals surface area contributed by atoms with E-state index in [2.05, 4.69) is 5.32 Å². The van der Waals surface area contributed by atoms with Crippen molar-refractivity contribution in [3.63, 3.8) is 0 Å². The number of benzene rings is 1. The Morgan fingerprint density at radius 1 is 1.36 bits per heavy atom. The summed E-state index contributed by atoms with van der Waals surface area (Å²) in [6.07, 6.45) is 3.12. The van der Waals surface area contributed by atoms with Crippen LogP contribution < -0.4 is 5.32 Å². The highest BCUT2D eigenvalue weighted by Gasteiger charge is 2.29. The van der Waals surface area contributed by atoms with Gasteiger partial charge in [-0.3, -0.25) is 4.79 Å². The Balaban J connectivity index is 1.93. The van der Waals surface area contributed by atoms with Crippen LogP contribution in [0, 0.1) is 11.7 Å². The second-order valence-corrected chi connectivity index (χ2v) is 7.16. The van der Waals surface area contributed by atoms with E-state index in [0.717, 1.165) is 12.8 Å². The molecule has 0 heterocycles. The molecular formula is C17H23ClFNO2. The van der Waals surface area contributed by atoms with E-state index in [1.807, 2.05) is 13.8 Å². The summed E-state index contributed by atoms with van der Waals surface area (Å²) in [5.74, 6) is -1.26. The summed E-state index contributed by atoms with van der Waals surface area (Å²) in [7, 11) is 0. The van der Waals surface area contributed by atoms with Gasteiger partial charge in [0.15, 0.2) is 0 Å². The molecule has 0 radical (unpaired) electrons. The Labute approximate surface area is 135 Å². The minimum atomic E-state index is -0.695. The molecule has 1 aliphatic carbocycles. The standard InChI is InChI=1S/C17H23ClFNO2/c1-17(2,13-4-3-5-14(18)15(13)19)10-20-12-8-6-11(7-9-12)16(21)22/h3-5,11-12,20H,6-10H2,1-2H3,(H,21,22). The van der Waals surface area contributed by atoms with E-state index in [0.29, 0.717) is 31.0 Å². The molecule has 122 valence electrons. The molecule has 1 fully saturated rings. The van der Waals surface area contributed by atoms with Crippen molar-refractivity contribution in [2.24, 2.45) is 5.92 Å². The summed E-state index contributed by atoms with van der Waals surface area (Å²) in [6, 6.07) is 5.39. The Morgan fingerprint density at radius 2 is 2.00 bits per heavy atom. The molecule has 1 saturated carbocycles. The first-order valence-corrected chi connectivity index (χ1v) is 8.10. The molecule has 1 aliphatic rings. The van der Waals surface area contributed by atoms with Crippen molar-refractivity contribution in [2.75, 3.05) is 6.54 Å². The molecule has 1 aromatic rings. The lowest BCUT2D eigenvalue weighted by Crippen LogP contribution is -2.42. The number of carbonyl (C=O) groups is 1. The van der Waals surface area contributed by atoms with Gasteiger partial charge >= 0.3 is 5.97 Å². The zero-order valence-electron chi connectivity index (χ0n) is 13.0. The molecule has 22 heavy (non-hydrogen) atoms. The quantitative estimate of drug-likeness (QED) is 0.859. The summed E-state index contributed by atoms with van der Waals surface area (Å²) >= 11 is 5.86. The Kier molecular flexibility index (Phi) is 5.45. The van der Waals surface area contributed by atoms with Gasteiger partial charge in [0.2, 0.25) is 0 Å². The molecular weight excluding hydrogens is 305 g/mol. The van der Waals surface area contributed by atoms with Crippen LogP contribution in [-0.4, -0.2) is 23.7 Å². The fourth-order valence-corrected chi connectivity index (χ4v) is 3.24. The number of hydrogen-bond acceptors (Lipinski definition) is 2. The van der Waals surface area contributed by atoms with E-state index in [1.54, 1.807) is 18.2 Å². The van der Waals surface area contributed by atoms with E-state index in [4.69, 9.17) is 16.7 Å². The number of aliphatic carboxylic acids is 1. The number of halogens is 2. The minimum Gasteiger partial charge on any atom is -0.481 e. The lowest BCUT2D eigenvalue weighted by molar-refractivity contribution is -0.142. The zero-order chi connectivity index (χ0) is 16.3. The number of rotatable bonds is 5. The van der Waals surface area contributed by atoms with E-state index in [9.17, 15) is 9.18 Å². The minimum absolute atomic E-state index is 0.146. The SMILES string of the molecule is CC(C)(CNC1CCC(C(=O)O)CC1)c1cccc(Cl)c1F. The van der Waals surface area contributed by atoms with Gasteiger partial charge in [-0.1, -0.05) is 37.6 Å². The smallest absolute Gasteiger partial charge is 0.306 e. The molecule has 0 saturated heterocycles. The van der Waals surface area contributed by atoms with Crippen molar-refractivity contribution in [3.05, 3.63) is 34.6 Å². The van der Waals surface area contributed by atoms with Crippen LogP contribution in [0.2, 0.25) is 5.02 Å². The Hall–Kier alpha value is -1.13. The van der Waals surface area contributed by atoms with E-state index in [-0.39, 0.29) is 22.2 Å². The van der Waals surface area contributed by atoms with Crippen molar-refractivity contribution in [2.45, 2.75) is 51.0 Å². The van der Waals surface area contributed by atoms with Crippen molar-refractivity contribution in [1.82, 2.24) is 5.32 Å². The van der Waals surface area contributed by atoms with E-state index < -0.39 is 5.97 Å². The summed E-state index contributed by atoms with van der Waals surface area (Å²) in [5.41, 5.74) is 0.227. The molecule has 3 nitrogen and oxygen atoms in total. The first-order valence-electron chi connectivity index (χ1n) is 7.72. The Morgan fingerprint density at radius 3 is 2.59 bits per heavy atom. The molecule has 2 rings (SSSR count). The molecule has 0 bridgehead atoms. The molecule has 0 unspecified atom stereocenters. The normalized spacial score (nSPS) is 22.5. The predicted molar refractivity (Wildman–Crippen MR) is 85.8 cm³/mol. The van der Waals surface area contributed by atoms with Gasteiger partial charge in [-0.15, -0.1) is 0 Å². The first kappa shape index (κ1) is 17.2. The predicted octanol–water partition coefficient (Wildman–Crippen LogP) is 3.99. The lowest BCUT2D eigenvalue weighted by atomic mass is 9.82. The highest BCUT2D eigenvalue weighted by atomic mass is 35.5. The molecule has 0 aliphatic heterocycles. The third-order valence-electron chi connectivity index (χ3n) is 4.59. The number of carboxylic acids is 1. The fourth-order valence-electron chi connectivity index (χ4n) is 3.07. The molecule has 1 aromatic carbocycles. The number of carboxylic acid groups (broad SMARTS) is 1. The topological polar surface area (TPSA) is 49.3 Å². The van der Waals surface area contributed by atoms with Crippen LogP contribution in [0.1, 0.15) is 45.1 Å². The van der Waals surface area contributed by atoms with Crippen LogP contribution in [0.5, 0.6) is 0 Å². The van der Waals surface area contributed by atoms with Crippen LogP contribution >= 0.6 is 11.6 Å². The monoisotopic (exact) mass is 327 g/mol. The third-order valence-corrected chi connectivity index (χ3v) is 4.88. The van der Waals surface area contributed by atoms with Crippen molar-refractivity contribution < 1.29 is 14.3 Å². The van der Waals surface area contributed by atoms with Gasteiger partial charge in [0.1, 0.15) is 5.82 Å². The molecule has 0 amide bonds.